The Bertz CT molecular complexity index is 307. The van der Waals surface area contributed by atoms with Crippen molar-refractivity contribution in [3.63, 3.8) is 0 Å². The van der Waals surface area contributed by atoms with E-state index in [1.54, 1.807) is 0 Å². The molecule has 1 heterocycles. The third kappa shape index (κ3) is 3.10. The molecular formula is C12H21NS. The van der Waals surface area contributed by atoms with Crippen molar-refractivity contribution in [2.24, 2.45) is 11.1 Å². The number of hydrogen-bond donors (Lipinski definition) is 1. The Labute approximate surface area is 91.3 Å². The molecule has 2 heteroatoms. The number of nitrogens with two attached hydrogens (primary N) is 1. The van der Waals surface area contributed by atoms with E-state index in [4.69, 9.17) is 5.73 Å². The summed E-state index contributed by atoms with van der Waals surface area (Å²) < 4.78 is 0. The Balaban J connectivity index is 2.79. The summed E-state index contributed by atoms with van der Waals surface area (Å²) in [6.45, 7) is 11.0. The van der Waals surface area contributed by atoms with Crippen LogP contribution in [0.5, 0.6) is 0 Å². The summed E-state index contributed by atoms with van der Waals surface area (Å²) in [5, 5.41) is 0. The molecule has 1 aromatic rings. The van der Waals surface area contributed by atoms with Gasteiger partial charge in [0, 0.05) is 15.8 Å². The minimum atomic E-state index is 0.202. The van der Waals surface area contributed by atoms with Gasteiger partial charge in [-0.05, 0) is 37.3 Å². The molecule has 0 aliphatic rings. The van der Waals surface area contributed by atoms with E-state index in [1.165, 1.54) is 15.3 Å². The lowest BCUT2D eigenvalue weighted by molar-refractivity contribution is 0.344. The lowest BCUT2D eigenvalue weighted by Gasteiger charge is -2.22. The molecule has 2 N–H and O–H groups in total. The first-order valence-electron chi connectivity index (χ1n) is 5.12. The molecule has 0 radical (unpaired) electrons. The van der Waals surface area contributed by atoms with Crippen molar-refractivity contribution < 1.29 is 0 Å². The zero-order valence-corrected chi connectivity index (χ0v) is 10.7. The number of hydrogen-bond acceptors (Lipinski definition) is 2. The molecule has 0 saturated heterocycles. The Hall–Kier alpha value is -0.340. The molecule has 1 unspecified atom stereocenters. The summed E-state index contributed by atoms with van der Waals surface area (Å²) in [6.07, 6.45) is 1.05. The fraction of sp³-hybridized carbons (Fsp3) is 0.667. The highest BCUT2D eigenvalue weighted by Gasteiger charge is 2.19. The second-order valence-corrected chi connectivity index (χ2v) is 6.56. The van der Waals surface area contributed by atoms with Crippen LogP contribution in [0.4, 0.5) is 0 Å². The second-order valence-electron chi connectivity index (χ2n) is 5.28. The van der Waals surface area contributed by atoms with E-state index < -0.39 is 0 Å². The molecule has 0 spiro atoms. The van der Waals surface area contributed by atoms with Gasteiger partial charge in [-0.15, -0.1) is 11.3 Å². The van der Waals surface area contributed by atoms with Gasteiger partial charge in [0.2, 0.25) is 0 Å². The minimum Gasteiger partial charge on any atom is -0.323 e. The van der Waals surface area contributed by atoms with Crippen LogP contribution in [0.1, 0.15) is 48.6 Å². The van der Waals surface area contributed by atoms with E-state index in [-0.39, 0.29) is 6.04 Å². The van der Waals surface area contributed by atoms with Crippen molar-refractivity contribution in [2.75, 3.05) is 0 Å². The van der Waals surface area contributed by atoms with Crippen LogP contribution in [-0.4, -0.2) is 0 Å². The topological polar surface area (TPSA) is 26.0 Å². The quantitative estimate of drug-likeness (QED) is 0.791. The largest absolute Gasteiger partial charge is 0.323 e. The Morgan fingerprint density at radius 3 is 2.29 bits per heavy atom. The Kier molecular flexibility index (Phi) is 3.38. The normalized spacial score (nSPS) is 14.4. The van der Waals surface area contributed by atoms with Crippen LogP contribution in [0.2, 0.25) is 0 Å². The van der Waals surface area contributed by atoms with Gasteiger partial charge in [0.25, 0.3) is 0 Å². The predicted molar refractivity (Wildman–Crippen MR) is 64.8 cm³/mol. The van der Waals surface area contributed by atoms with Crippen LogP contribution in [-0.2, 0) is 0 Å². The zero-order chi connectivity index (χ0) is 10.9. The molecule has 0 amide bonds. The second kappa shape index (κ2) is 4.03. The molecule has 0 aromatic carbocycles. The van der Waals surface area contributed by atoms with E-state index in [0.29, 0.717) is 5.41 Å². The zero-order valence-electron chi connectivity index (χ0n) is 9.85. The molecular weight excluding hydrogens is 190 g/mol. The lowest BCUT2D eigenvalue weighted by atomic mass is 9.87. The number of rotatable bonds is 2. The first-order valence-corrected chi connectivity index (χ1v) is 5.94. The van der Waals surface area contributed by atoms with Gasteiger partial charge in [-0.1, -0.05) is 20.8 Å². The fourth-order valence-electron chi connectivity index (χ4n) is 1.78. The van der Waals surface area contributed by atoms with Crippen molar-refractivity contribution >= 4 is 11.3 Å². The summed E-state index contributed by atoms with van der Waals surface area (Å²) in [5.74, 6) is 0. The van der Waals surface area contributed by atoms with Crippen molar-refractivity contribution in [1.82, 2.24) is 0 Å². The van der Waals surface area contributed by atoms with Crippen molar-refractivity contribution in [2.45, 2.75) is 47.1 Å². The highest BCUT2D eigenvalue weighted by Crippen LogP contribution is 2.33. The SMILES string of the molecule is Cc1cc(C)c(C(N)CC(C)(C)C)s1. The third-order valence-electron chi connectivity index (χ3n) is 2.25. The third-order valence-corrected chi connectivity index (χ3v) is 3.53. The summed E-state index contributed by atoms with van der Waals surface area (Å²) in [7, 11) is 0. The summed E-state index contributed by atoms with van der Waals surface area (Å²) in [4.78, 5) is 2.72. The highest BCUT2D eigenvalue weighted by atomic mass is 32.1. The summed E-state index contributed by atoms with van der Waals surface area (Å²) in [6, 6.07) is 2.43. The first kappa shape index (κ1) is 11.7. The first-order chi connectivity index (χ1) is 6.29. The molecule has 1 aromatic heterocycles. The van der Waals surface area contributed by atoms with Crippen LogP contribution < -0.4 is 5.73 Å². The molecule has 0 aliphatic heterocycles. The van der Waals surface area contributed by atoms with Crippen LogP contribution in [0, 0.1) is 19.3 Å². The monoisotopic (exact) mass is 211 g/mol. The summed E-state index contributed by atoms with van der Waals surface area (Å²) >= 11 is 1.84. The van der Waals surface area contributed by atoms with Crippen LogP contribution in [0.15, 0.2) is 6.07 Å². The van der Waals surface area contributed by atoms with E-state index in [0.717, 1.165) is 6.42 Å². The smallest absolute Gasteiger partial charge is 0.0397 e. The van der Waals surface area contributed by atoms with Gasteiger partial charge in [0.1, 0.15) is 0 Å². The van der Waals surface area contributed by atoms with E-state index >= 15 is 0 Å². The van der Waals surface area contributed by atoms with Gasteiger partial charge in [0.15, 0.2) is 0 Å². The van der Waals surface area contributed by atoms with E-state index in [2.05, 4.69) is 40.7 Å². The van der Waals surface area contributed by atoms with Crippen LogP contribution >= 0.6 is 11.3 Å². The van der Waals surface area contributed by atoms with E-state index in [9.17, 15) is 0 Å². The molecule has 1 atom stereocenters. The van der Waals surface area contributed by atoms with Crippen LogP contribution in [0.25, 0.3) is 0 Å². The van der Waals surface area contributed by atoms with Gasteiger partial charge in [-0.25, -0.2) is 0 Å². The molecule has 0 saturated carbocycles. The maximum atomic E-state index is 6.21. The molecule has 0 aliphatic carbocycles. The van der Waals surface area contributed by atoms with Gasteiger partial charge < -0.3 is 5.73 Å². The minimum absolute atomic E-state index is 0.202. The van der Waals surface area contributed by atoms with Gasteiger partial charge in [-0.2, -0.15) is 0 Å². The maximum absolute atomic E-state index is 6.21. The van der Waals surface area contributed by atoms with Crippen molar-refractivity contribution in [1.29, 1.82) is 0 Å². The molecule has 14 heavy (non-hydrogen) atoms. The highest BCUT2D eigenvalue weighted by molar-refractivity contribution is 7.12. The average molecular weight is 211 g/mol. The fourth-order valence-corrected chi connectivity index (χ4v) is 2.82. The Morgan fingerprint density at radius 1 is 1.36 bits per heavy atom. The van der Waals surface area contributed by atoms with Crippen LogP contribution in [0.3, 0.4) is 0 Å². The number of thiophene rings is 1. The number of aryl methyl sites for hydroxylation is 2. The molecule has 0 bridgehead atoms. The van der Waals surface area contributed by atoms with Crippen molar-refractivity contribution in [3.8, 4) is 0 Å². The average Bonchev–Trinajstić information content (AvgIpc) is 2.26. The van der Waals surface area contributed by atoms with Gasteiger partial charge in [-0.3, -0.25) is 0 Å². The Morgan fingerprint density at radius 2 is 1.93 bits per heavy atom. The predicted octanol–water partition coefficient (Wildman–Crippen LogP) is 3.80. The van der Waals surface area contributed by atoms with Gasteiger partial charge in [0.05, 0.1) is 0 Å². The molecule has 1 nitrogen and oxygen atoms in total. The maximum Gasteiger partial charge on any atom is 0.0397 e. The van der Waals surface area contributed by atoms with E-state index in [1.807, 2.05) is 11.3 Å². The van der Waals surface area contributed by atoms with Crippen molar-refractivity contribution in [3.05, 3.63) is 21.4 Å². The molecule has 1 rings (SSSR count). The molecule has 80 valence electrons. The molecule has 0 fully saturated rings. The standard InChI is InChI=1S/C12H21NS/c1-8-6-9(2)14-11(8)10(13)7-12(3,4)5/h6,10H,7,13H2,1-5H3. The summed E-state index contributed by atoms with van der Waals surface area (Å²) in [5.41, 5.74) is 7.87. The lowest BCUT2D eigenvalue weighted by Crippen LogP contribution is -2.18. The van der Waals surface area contributed by atoms with Gasteiger partial charge >= 0.3 is 0 Å².